The number of rotatable bonds is 3. The van der Waals surface area contributed by atoms with E-state index in [0.29, 0.717) is 17.3 Å². The number of alkyl halides is 1. The summed E-state index contributed by atoms with van der Waals surface area (Å²) in [5.41, 5.74) is 1.93. The normalized spacial score (nSPS) is 19.7. The maximum absolute atomic E-state index is 12.9. The van der Waals surface area contributed by atoms with E-state index in [-0.39, 0.29) is 6.04 Å². The highest BCUT2D eigenvalue weighted by Gasteiger charge is 2.35. The highest BCUT2D eigenvalue weighted by molar-refractivity contribution is 7.89. The molecule has 0 N–H and O–H groups in total. The van der Waals surface area contributed by atoms with Gasteiger partial charge in [-0.1, -0.05) is 0 Å². The Kier molecular flexibility index (Phi) is 3.90. The number of halogens is 1. The van der Waals surface area contributed by atoms with Crippen molar-refractivity contribution < 1.29 is 8.42 Å². The molecule has 3 rings (SSSR count). The van der Waals surface area contributed by atoms with E-state index in [2.05, 4.69) is 0 Å². The third-order valence-electron chi connectivity index (χ3n) is 4.05. The first-order valence-corrected chi connectivity index (χ1v) is 9.60. The van der Waals surface area contributed by atoms with E-state index in [1.54, 1.807) is 32.5 Å². The smallest absolute Gasteiger partial charge is 0.245 e. The number of aryl methyl sites for hydroxylation is 1. The molecule has 21 heavy (non-hydrogen) atoms. The van der Waals surface area contributed by atoms with Crippen LogP contribution in [0, 0.1) is 0 Å². The van der Waals surface area contributed by atoms with Crippen molar-refractivity contribution in [3.05, 3.63) is 39.8 Å². The molecule has 0 saturated carbocycles. The lowest BCUT2D eigenvalue weighted by Crippen LogP contribution is -2.38. The Balaban J connectivity index is 1.99. The third-order valence-corrected chi connectivity index (χ3v) is 7.25. The summed E-state index contributed by atoms with van der Waals surface area (Å²) >= 11 is 7.54. The first-order valence-electron chi connectivity index (χ1n) is 6.74. The van der Waals surface area contributed by atoms with Gasteiger partial charge in [-0.3, -0.25) is 0 Å². The van der Waals surface area contributed by atoms with Gasteiger partial charge in [0.05, 0.1) is 5.88 Å². The fraction of sp³-hybridized carbons (Fsp3) is 0.429. The van der Waals surface area contributed by atoms with Crippen LogP contribution in [0.3, 0.4) is 0 Å². The minimum Gasteiger partial charge on any atom is -0.352 e. The van der Waals surface area contributed by atoms with Crippen LogP contribution in [0.15, 0.2) is 28.6 Å². The number of thiophene rings is 1. The number of hydrogen-bond acceptors (Lipinski definition) is 3. The van der Waals surface area contributed by atoms with Crippen molar-refractivity contribution >= 4 is 33.0 Å². The average Bonchev–Trinajstić information content (AvgIpc) is 3.05. The number of sulfonamides is 1. The molecule has 4 nitrogen and oxygen atoms in total. The Labute approximate surface area is 134 Å². The van der Waals surface area contributed by atoms with Crippen LogP contribution in [0.25, 0.3) is 0 Å². The Bertz CT molecular complexity index is 764. The Morgan fingerprint density at radius 2 is 2.24 bits per heavy atom. The van der Waals surface area contributed by atoms with Gasteiger partial charge in [0.25, 0.3) is 0 Å². The number of aromatic nitrogens is 1. The minimum absolute atomic E-state index is 0.121. The van der Waals surface area contributed by atoms with E-state index in [0.717, 1.165) is 17.7 Å². The molecule has 0 aromatic carbocycles. The van der Waals surface area contributed by atoms with Crippen LogP contribution >= 0.6 is 22.9 Å². The standard InChI is InChI=1S/C14H17ClN2O2S2/c1-10-13-4-6-20-14(13)3-5-17(10)21(18,19)12-7-11(8-15)16(2)9-12/h4,6-7,9-10H,3,5,8H2,1-2H3. The zero-order chi connectivity index (χ0) is 15.2. The summed E-state index contributed by atoms with van der Waals surface area (Å²) in [6, 6.07) is 3.57. The van der Waals surface area contributed by atoms with Crippen LogP contribution in [0.4, 0.5) is 0 Å². The summed E-state index contributed by atoms with van der Waals surface area (Å²) in [4.78, 5) is 1.62. The van der Waals surface area contributed by atoms with Crippen molar-refractivity contribution in [1.29, 1.82) is 0 Å². The Morgan fingerprint density at radius 3 is 2.90 bits per heavy atom. The fourth-order valence-electron chi connectivity index (χ4n) is 2.80. The van der Waals surface area contributed by atoms with Gasteiger partial charge in [0.1, 0.15) is 4.90 Å². The molecule has 0 amide bonds. The molecule has 0 spiro atoms. The van der Waals surface area contributed by atoms with Gasteiger partial charge in [0.15, 0.2) is 0 Å². The molecule has 0 radical (unpaired) electrons. The lowest BCUT2D eigenvalue weighted by molar-refractivity contribution is 0.329. The molecule has 1 atom stereocenters. The summed E-state index contributed by atoms with van der Waals surface area (Å²) in [5.74, 6) is 0.302. The predicted octanol–water partition coefficient (Wildman–Crippen LogP) is 3.13. The van der Waals surface area contributed by atoms with Gasteiger partial charge in [0, 0.05) is 36.4 Å². The van der Waals surface area contributed by atoms with Crippen molar-refractivity contribution in [3.63, 3.8) is 0 Å². The first-order chi connectivity index (χ1) is 9.95. The number of nitrogens with zero attached hydrogens (tertiary/aromatic N) is 2. The molecular weight excluding hydrogens is 328 g/mol. The van der Waals surface area contributed by atoms with Crippen LogP contribution < -0.4 is 0 Å². The quantitative estimate of drug-likeness (QED) is 0.803. The maximum Gasteiger partial charge on any atom is 0.245 e. The first kappa shape index (κ1) is 15.1. The molecular formula is C14H17ClN2O2S2. The molecule has 2 aromatic rings. The highest BCUT2D eigenvalue weighted by atomic mass is 35.5. The van der Waals surface area contributed by atoms with Gasteiger partial charge < -0.3 is 4.57 Å². The SMILES string of the molecule is CC1c2ccsc2CCN1S(=O)(=O)c1cc(CCl)n(C)c1. The zero-order valence-corrected chi connectivity index (χ0v) is 14.3. The van der Waals surface area contributed by atoms with Crippen LogP contribution in [-0.2, 0) is 29.4 Å². The summed E-state index contributed by atoms with van der Waals surface area (Å²) in [6.07, 6.45) is 2.43. The van der Waals surface area contributed by atoms with Gasteiger partial charge in [-0.25, -0.2) is 8.42 Å². The predicted molar refractivity (Wildman–Crippen MR) is 85.3 cm³/mol. The van der Waals surface area contributed by atoms with Crippen molar-refractivity contribution in [3.8, 4) is 0 Å². The second-order valence-electron chi connectivity index (χ2n) is 5.25. The average molecular weight is 345 g/mol. The van der Waals surface area contributed by atoms with E-state index < -0.39 is 10.0 Å². The summed E-state index contributed by atoms with van der Waals surface area (Å²) in [5, 5.41) is 2.03. The largest absolute Gasteiger partial charge is 0.352 e. The van der Waals surface area contributed by atoms with E-state index >= 15 is 0 Å². The number of hydrogen-bond donors (Lipinski definition) is 0. The molecule has 7 heteroatoms. The van der Waals surface area contributed by atoms with Crippen LogP contribution in [0.5, 0.6) is 0 Å². The van der Waals surface area contributed by atoms with E-state index in [9.17, 15) is 8.42 Å². The molecule has 0 fully saturated rings. The molecule has 1 aliphatic rings. The monoisotopic (exact) mass is 344 g/mol. The highest BCUT2D eigenvalue weighted by Crippen LogP contribution is 2.36. The molecule has 3 heterocycles. The molecule has 1 aliphatic heterocycles. The van der Waals surface area contributed by atoms with Crippen LogP contribution in [0.2, 0.25) is 0 Å². The van der Waals surface area contributed by atoms with Crippen LogP contribution in [-0.4, -0.2) is 23.8 Å². The van der Waals surface area contributed by atoms with Crippen molar-refractivity contribution in [2.45, 2.75) is 30.2 Å². The Hall–Kier alpha value is -0.820. The summed E-state index contributed by atoms with van der Waals surface area (Å²) in [7, 11) is -1.67. The Morgan fingerprint density at radius 1 is 1.48 bits per heavy atom. The van der Waals surface area contributed by atoms with Gasteiger partial charge in [-0.15, -0.1) is 22.9 Å². The summed E-state index contributed by atoms with van der Waals surface area (Å²) < 4.78 is 29.1. The minimum atomic E-state index is -3.49. The van der Waals surface area contributed by atoms with Crippen LogP contribution in [0.1, 0.15) is 29.1 Å². The van der Waals surface area contributed by atoms with E-state index in [1.807, 2.05) is 25.4 Å². The maximum atomic E-state index is 12.9. The number of fused-ring (bicyclic) bond motifs is 1. The molecule has 2 aromatic heterocycles. The van der Waals surface area contributed by atoms with E-state index in [4.69, 9.17) is 11.6 Å². The van der Waals surface area contributed by atoms with E-state index in [1.165, 1.54) is 4.88 Å². The zero-order valence-electron chi connectivity index (χ0n) is 11.9. The summed E-state index contributed by atoms with van der Waals surface area (Å²) in [6.45, 7) is 2.48. The van der Waals surface area contributed by atoms with Gasteiger partial charge in [-0.2, -0.15) is 4.31 Å². The van der Waals surface area contributed by atoms with Crippen molar-refractivity contribution in [1.82, 2.24) is 8.87 Å². The lowest BCUT2D eigenvalue weighted by Gasteiger charge is -2.32. The molecule has 0 bridgehead atoms. The molecule has 1 unspecified atom stereocenters. The molecule has 0 saturated heterocycles. The third kappa shape index (κ3) is 2.44. The van der Waals surface area contributed by atoms with Crippen molar-refractivity contribution in [2.24, 2.45) is 7.05 Å². The second-order valence-corrected chi connectivity index (χ2v) is 8.41. The molecule has 114 valence electrons. The second kappa shape index (κ2) is 5.43. The van der Waals surface area contributed by atoms with Gasteiger partial charge >= 0.3 is 0 Å². The molecule has 0 aliphatic carbocycles. The van der Waals surface area contributed by atoms with Crippen molar-refractivity contribution in [2.75, 3.05) is 6.54 Å². The van der Waals surface area contributed by atoms with Gasteiger partial charge in [-0.05, 0) is 36.4 Å². The lowest BCUT2D eigenvalue weighted by atomic mass is 10.0. The topological polar surface area (TPSA) is 42.3 Å². The fourth-order valence-corrected chi connectivity index (χ4v) is 5.74. The van der Waals surface area contributed by atoms with Gasteiger partial charge in [0.2, 0.25) is 10.0 Å².